The number of hydrogen-bond acceptors (Lipinski definition) is 1. The monoisotopic (exact) mass is 205 g/mol. The maximum atomic E-state index is 5.33. The smallest absolute Gasteiger partial charge is 0.113 e. The predicted octanol–water partition coefficient (Wildman–Crippen LogP) is 3.82. The molecule has 0 aliphatic rings. The molecule has 0 unspecified atom stereocenters. The van der Waals surface area contributed by atoms with Crippen molar-refractivity contribution >= 4 is 23.9 Å². The fraction of sp³-hybridized carbons (Fsp3) is 0.250. The number of nitrogens with zero attached hydrogens (tertiary/aromatic N) is 1. The maximum Gasteiger partial charge on any atom is 0.113 e. The second kappa shape index (κ2) is 4.38. The standard InChI is InChI=1S/C12H15NS/c1-5-9(3)11-7-10(6-2)8-13(4)12(11)14/h5-8H,2H2,1,3-4H3/b9-5+. The third-order valence-corrected chi connectivity index (χ3v) is 2.81. The Kier molecular flexibility index (Phi) is 3.42. The summed E-state index contributed by atoms with van der Waals surface area (Å²) in [5, 5.41) is 0. The van der Waals surface area contributed by atoms with E-state index in [1.54, 1.807) is 0 Å². The zero-order valence-corrected chi connectivity index (χ0v) is 9.69. The van der Waals surface area contributed by atoms with Gasteiger partial charge in [0.15, 0.2) is 0 Å². The molecule has 0 saturated heterocycles. The third kappa shape index (κ3) is 2.02. The molecule has 0 aliphatic carbocycles. The number of aromatic nitrogens is 1. The molecule has 0 spiro atoms. The Labute approximate surface area is 90.4 Å². The Morgan fingerprint density at radius 3 is 2.71 bits per heavy atom. The first-order valence-electron chi connectivity index (χ1n) is 4.56. The second-order valence-electron chi connectivity index (χ2n) is 3.28. The van der Waals surface area contributed by atoms with Crippen LogP contribution in [0.1, 0.15) is 25.0 Å². The van der Waals surface area contributed by atoms with Gasteiger partial charge in [0, 0.05) is 18.8 Å². The summed E-state index contributed by atoms with van der Waals surface area (Å²) < 4.78 is 2.82. The molecule has 0 amide bonds. The second-order valence-corrected chi connectivity index (χ2v) is 3.67. The zero-order valence-electron chi connectivity index (χ0n) is 8.87. The molecule has 0 fully saturated rings. The van der Waals surface area contributed by atoms with E-state index in [4.69, 9.17) is 12.2 Å². The summed E-state index contributed by atoms with van der Waals surface area (Å²) in [5.74, 6) is 0. The molecule has 14 heavy (non-hydrogen) atoms. The molecule has 1 rings (SSSR count). The summed E-state index contributed by atoms with van der Waals surface area (Å²) in [6, 6.07) is 2.07. The van der Waals surface area contributed by atoms with Gasteiger partial charge < -0.3 is 4.57 Å². The summed E-state index contributed by atoms with van der Waals surface area (Å²) in [7, 11) is 1.96. The third-order valence-electron chi connectivity index (χ3n) is 2.30. The molecule has 1 aromatic heterocycles. The molecular formula is C12H15NS. The van der Waals surface area contributed by atoms with Crippen molar-refractivity contribution in [2.24, 2.45) is 7.05 Å². The molecule has 0 saturated carbocycles. The zero-order chi connectivity index (χ0) is 10.7. The van der Waals surface area contributed by atoms with Crippen LogP contribution in [-0.2, 0) is 7.05 Å². The molecule has 0 atom stereocenters. The Bertz CT molecular complexity index is 438. The van der Waals surface area contributed by atoms with Gasteiger partial charge in [-0.25, -0.2) is 0 Å². The number of pyridine rings is 1. The van der Waals surface area contributed by atoms with E-state index in [9.17, 15) is 0 Å². The number of allylic oxidation sites excluding steroid dienone is 2. The van der Waals surface area contributed by atoms with Gasteiger partial charge in [-0.2, -0.15) is 0 Å². The van der Waals surface area contributed by atoms with E-state index in [-0.39, 0.29) is 0 Å². The highest BCUT2D eigenvalue weighted by Crippen LogP contribution is 2.17. The Morgan fingerprint density at radius 2 is 2.21 bits per heavy atom. The van der Waals surface area contributed by atoms with Crippen LogP contribution in [0, 0.1) is 4.64 Å². The first-order chi connectivity index (χ1) is 6.60. The van der Waals surface area contributed by atoms with E-state index in [1.165, 1.54) is 5.57 Å². The molecule has 1 nitrogen and oxygen atoms in total. The van der Waals surface area contributed by atoms with Crippen molar-refractivity contribution in [1.29, 1.82) is 0 Å². The van der Waals surface area contributed by atoms with Gasteiger partial charge in [-0.3, -0.25) is 0 Å². The van der Waals surface area contributed by atoms with Gasteiger partial charge in [-0.05, 0) is 31.1 Å². The summed E-state index contributed by atoms with van der Waals surface area (Å²) >= 11 is 5.33. The lowest BCUT2D eigenvalue weighted by Gasteiger charge is -2.07. The molecule has 0 aliphatic heterocycles. The van der Waals surface area contributed by atoms with Crippen LogP contribution in [0.4, 0.5) is 0 Å². The molecule has 1 aromatic rings. The van der Waals surface area contributed by atoms with Crippen molar-refractivity contribution < 1.29 is 0 Å². The quantitative estimate of drug-likeness (QED) is 0.664. The maximum absolute atomic E-state index is 5.33. The van der Waals surface area contributed by atoms with Crippen molar-refractivity contribution in [3.8, 4) is 0 Å². The Hall–Kier alpha value is -1.15. The van der Waals surface area contributed by atoms with E-state index in [2.05, 4.69) is 25.6 Å². The first-order valence-corrected chi connectivity index (χ1v) is 4.97. The fourth-order valence-electron chi connectivity index (χ4n) is 1.29. The van der Waals surface area contributed by atoms with Crippen LogP contribution in [0.3, 0.4) is 0 Å². The van der Waals surface area contributed by atoms with Crippen LogP contribution in [0.25, 0.3) is 11.6 Å². The van der Waals surface area contributed by atoms with Crippen LogP contribution >= 0.6 is 12.2 Å². The molecule has 2 heteroatoms. The van der Waals surface area contributed by atoms with Gasteiger partial charge in [0.2, 0.25) is 0 Å². The van der Waals surface area contributed by atoms with Crippen LogP contribution in [0.2, 0.25) is 0 Å². The van der Waals surface area contributed by atoms with E-state index in [0.29, 0.717) is 0 Å². The normalized spacial score (nSPS) is 11.5. The first kappa shape index (κ1) is 10.9. The molecule has 0 N–H and O–H groups in total. The van der Waals surface area contributed by atoms with Crippen molar-refractivity contribution in [2.45, 2.75) is 13.8 Å². The minimum atomic E-state index is 0.867. The van der Waals surface area contributed by atoms with Crippen molar-refractivity contribution in [2.75, 3.05) is 0 Å². The van der Waals surface area contributed by atoms with Crippen LogP contribution in [0.15, 0.2) is 24.9 Å². The minimum Gasteiger partial charge on any atom is -0.341 e. The van der Waals surface area contributed by atoms with Crippen molar-refractivity contribution in [3.63, 3.8) is 0 Å². The van der Waals surface area contributed by atoms with Crippen LogP contribution in [-0.4, -0.2) is 4.57 Å². The highest BCUT2D eigenvalue weighted by molar-refractivity contribution is 7.71. The lowest BCUT2D eigenvalue weighted by atomic mass is 10.1. The van der Waals surface area contributed by atoms with E-state index >= 15 is 0 Å². The van der Waals surface area contributed by atoms with Crippen molar-refractivity contribution in [3.05, 3.63) is 40.7 Å². The number of rotatable bonds is 2. The molecular weight excluding hydrogens is 190 g/mol. The lowest BCUT2D eigenvalue weighted by molar-refractivity contribution is 0.881. The van der Waals surface area contributed by atoms with Gasteiger partial charge in [0.25, 0.3) is 0 Å². The Balaban J connectivity index is 3.50. The molecule has 1 heterocycles. The highest BCUT2D eigenvalue weighted by atomic mass is 32.1. The summed E-state index contributed by atoms with van der Waals surface area (Å²) in [6.07, 6.45) is 5.89. The number of hydrogen-bond donors (Lipinski definition) is 0. The average Bonchev–Trinajstić information content (AvgIpc) is 2.20. The molecule has 74 valence electrons. The number of aryl methyl sites for hydroxylation is 1. The van der Waals surface area contributed by atoms with E-state index < -0.39 is 0 Å². The van der Waals surface area contributed by atoms with Crippen molar-refractivity contribution in [1.82, 2.24) is 4.57 Å². The molecule has 0 radical (unpaired) electrons. The molecule has 0 aromatic carbocycles. The van der Waals surface area contributed by atoms with Gasteiger partial charge >= 0.3 is 0 Å². The SMILES string of the molecule is C=Cc1cc(/C(C)=C/C)c(=S)n(C)c1. The van der Waals surface area contributed by atoms with Gasteiger partial charge in [-0.1, -0.05) is 30.9 Å². The van der Waals surface area contributed by atoms with E-state index in [0.717, 1.165) is 15.8 Å². The predicted molar refractivity (Wildman–Crippen MR) is 65.7 cm³/mol. The average molecular weight is 205 g/mol. The fourth-order valence-corrected chi connectivity index (χ4v) is 1.56. The van der Waals surface area contributed by atoms with E-state index in [1.807, 2.05) is 30.8 Å². The van der Waals surface area contributed by atoms with Gasteiger partial charge in [0.05, 0.1) is 0 Å². The Morgan fingerprint density at radius 1 is 1.57 bits per heavy atom. The van der Waals surface area contributed by atoms with Crippen LogP contribution < -0.4 is 0 Å². The highest BCUT2D eigenvalue weighted by Gasteiger charge is 2.01. The minimum absolute atomic E-state index is 0.867. The summed E-state index contributed by atoms with van der Waals surface area (Å²) in [6.45, 7) is 7.85. The summed E-state index contributed by atoms with van der Waals surface area (Å²) in [5.41, 5.74) is 3.41. The summed E-state index contributed by atoms with van der Waals surface area (Å²) in [4.78, 5) is 0. The topological polar surface area (TPSA) is 4.93 Å². The largest absolute Gasteiger partial charge is 0.341 e. The van der Waals surface area contributed by atoms with Crippen LogP contribution in [0.5, 0.6) is 0 Å². The van der Waals surface area contributed by atoms with Gasteiger partial charge in [0.1, 0.15) is 4.64 Å². The molecule has 0 bridgehead atoms. The lowest BCUT2D eigenvalue weighted by Crippen LogP contribution is -1.97. The van der Waals surface area contributed by atoms with Gasteiger partial charge in [-0.15, -0.1) is 0 Å².